The van der Waals surface area contributed by atoms with E-state index >= 15 is 0 Å². The summed E-state index contributed by atoms with van der Waals surface area (Å²) in [5.74, 6) is 0.929. The monoisotopic (exact) mass is 443 g/mol. The zero-order valence-electron chi connectivity index (χ0n) is 14.6. The van der Waals surface area contributed by atoms with Crippen LogP contribution in [-0.4, -0.2) is 50.8 Å². The van der Waals surface area contributed by atoms with Gasteiger partial charge in [0.2, 0.25) is 0 Å². The van der Waals surface area contributed by atoms with Crippen LogP contribution in [0.2, 0.25) is 0 Å². The first-order valence-electron chi connectivity index (χ1n) is 8.21. The van der Waals surface area contributed by atoms with Gasteiger partial charge in [0.15, 0.2) is 5.96 Å². The van der Waals surface area contributed by atoms with Crippen LogP contribution in [0.15, 0.2) is 4.99 Å². The topological polar surface area (TPSA) is 45.6 Å². The molecule has 1 fully saturated rings. The van der Waals surface area contributed by atoms with Crippen molar-refractivity contribution in [3.8, 4) is 0 Å². The van der Waals surface area contributed by atoms with Crippen molar-refractivity contribution in [2.45, 2.75) is 51.2 Å². The molecule has 0 radical (unpaired) electrons. The fourth-order valence-electron chi connectivity index (χ4n) is 2.89. The molecule has 0 aromatic carbocycles. The zero-order valence-corrected chi connectivity index (χ0v) is 17.8. The molecule has 0 aliphatic heterocycles. The van der Waals surface area contributed by atoms with Gasteiger partial charge < -0.3 is 15.4 Å². The van der Waals surface area contributed by atoms with Gasteiger partial charge in [-0.3, -0.25) is 4.99 Å². The van der Waals surface area contributed by atoms with Crippen molar-refractivity contribution >= 4 is 41.7 Å². The Bertz CT molecular complexity index is 310. The van der Waals surface area contributed by atoms with Crippen LogP contribution in [0.4, 0.5) is 0 Å². The number of ether oxygens (including phenoxy) is 1. The van der Waals surface area contributed by atoms with E-state index in [2.05, 4.69) is 35.7 Å². The van der Waals surface area contributed by atoms with Crippen LogP contribution in [0.25, 0.3) is 0 Å². The van der Waals surface area contributed by atoms with Crippen molar-refractivity contribution in [2.24, 2.45) is 10.4 Å². The van der Waals surface area contributed by atoms with Gasteiger partial charge in [-0.15, -0.1) is 24.0 Å². The number of hydrogen-bond acceptors (Lipinski definition) is 3. The number of nitrogens with zero attached hydrogens (tertiary/aromatic N) is 1. The highest BCUT2D eigenvalue weighted by Crippen LogP contribution is 2.40. The molecule has 1 saturated carbocycles. The molecule has 0 amide bonds. The number of halogens is 1. The summed E-state index contributed by atoms with van der Waals surface area (Å²) in [6, 6.07) is 0. The van der Waals surface area contributed by atoms with Gasteiger partial charge in [-0.25, -0.2) is 0 Å². The Morgan fingerprint density at radius 2 is 2.00 bits per heavy atom. The molecule has 0 heterocycles. The fourth-order valence-corrected chi connectivity index (χ4v) is 3.14. The first-order valence-corrected chi connectivity index (χ1v) is 9.49. The first kappa shape index (κ1) is 22.3. The van der Waals surface area contributed by atoms with Crippen LogP contribution in [0.1, 0.15) is 46.0 Å². The molecule has 132 valence electrons. The van der Waals surface area contributed by atoms with Gasteiger partial charge in [0.25, 0.3) is 0 Å². The smallest absolute Gasteiger partial charge is 0.191 e. The van der Waals surface area contributed by atoms with Crippen LogP contribution in [0.3, 0.4) is 0 Å². The quantitative estimate of drug-likeness (QED) is 0.248. The van der Waals surface area contributed by atoms with Crippen LogP contribution < -0.4 is 10.6 Å². The molecular formula is C16H34IN3OS. The molecule has 0 spiro atoms. The second-order valence-electron chi connectivity index (χ2n) is 6.01. The Hall–Kier alpha value is 0.310. The van der Waals surface area contributed by atoms with Crippen molar-refractivity contribution in [3.05, 3.63) is 0 Å². The van der Waals surface area contributed by atoms with Gasteiger partial charge in [0.05, 0.1) is 0 Å². The van der Waals surface area contributed by atoms with E-state index in [9.17, 15) is 0 Å². The minimum atomic E-state index is 0. The highest BCUT2D eigenvalue weighted by atomic mass is 127. The molecule has 1 unspecified atom stereocenters. The lowest BCUT2D eigenvalue weighted by Gasteiger charge is -2.30. The maximum Gasteiger partial charge on any atom is 0.191 e. The van der Waals surface area contributed by atoms with Crippen molar-refractivity contribution in [3.63, 3.8) is 0 Å². The van der Waals surface area contributed by atoms with Gasteiger partial charge in [0, 0.05) is 38.6 Å². The van der Waals surface area contributed by atoms with E-state index in [-0.39, 0.29) is 24.0 Å². The molecule has 1 rings (SSSR count). The summed E-state index contributed by atoms with van der Waals surface area (Å²) in [4.78, 5) is 4.34. The molecule has 0 bridgehead atoms. The summed E-state index contributed by atoms with van der Waals surface area (Å²) < 4.78 is 5.57. The van der Waals surface area contributed by atoms with E-state index in [0.717, 1.165) is 38.7 Å². The van der Waals surface area contributed by atoms with Crippen LogP contribution >= 0.6 is 35.7 Å². The van der Waals surface area contributed by atoms with E-state index in [1.807, 2.05) is 18.8 Å². The maximum atomic E-state index is 5.57. The van der Waals surface area contributed by atoms with Crippen LogP contribution in [-0.2, 0) is 4.74 Å². The average Bonchev–Trinajstić information content (AvgIpc) is 2.96. The number of nitrogens with one attached hydrogen (secondary N) is 2. The number of hydrogen-bond donors (Lipinski definition) is 2. The number of thioether (sulfide) groups is 1. The molecule has 1 aliphatic carbocycles. The summed E-state index contributed by atoms with van der Waals surface area (Å²) in [6.07, 6.45) is 8.62. The SMILES string of the molecule is CCOCCC1(CNC(=NC)NCC(C)SC)CCCC1.I. The maximum absolute atomic E-state index is 5.57. The van der Waals surface area contributed by atoms with E-state index in [4.69, 9.17) is 4.74 Å². The Morgan fingerprint density at radius 1 is 1.32 bits per heavy atom. The molecule has 0 saturated heterocycles. The number of aliphatic imine (C=N–C) groups is 1. The fraction of sp³-hybridized carbons (Fsp3) is 0.938. The standard InChI is InChI=1S/C16H33N3OS.HI/c1-5-20-11-10-16(8-6-7-9-16)13-19-15(17-3)18-12-14(2)21-4;/h14H,5-13H2,1-4H3,(H2,17,18,19);1H. The first-order chi connectivity index (χ1) is 10.2. The van der Waals surface area contributed by atoms with E-state index in [1.165, 1.54) is 25.7 Å². The predicted octanol–water partition coefficient (Wildman–Crippen LogP) is 3.51. The van der Waals surface area contributed by atoms with E-state index < -0.39 is 0 Å². The van der Waals surface area contributed by atoms with Crippen molar-refractivity contribution in [2.75, 3.05) is 39.6 Å². The van der Waals surface area contributed by atoms with Crippen molar-refractivity contribution < 1.29 is 4.74 Å². The molecule has 6 heteroatoms. The Kier molecular flexibility index (Phi) is 12.9. The molecule has 0 aromatic heterocycles. The third-order valence-electron chi connectivity index (χ3n) is 4.46. The highest BCUT2D eigenvalue weighted by Gasteiger charge is 2.33. The predicted molar refractivity (Wildman–Crippen MR) is 110 cm³/mol. The summed E-state index contributed by atoms with van der Waals surface area (Å²) in [5, 5.41) is 7.55. The molecule has 4 nitrogen and oxygen atoms in total. The Labute approximate surface area is 158 Å². The normalized spacial score (nSPS) is 18.6. The molecule has 22 heavy (non-hydrogen) atoms. The molecule has 1 atom stereocenters. The third-order valence-corrected chi connectivity index (χ3v) is 5.43. The number of guanidine groups is 1. The molecule has 0 aromatic rings. The van der Waals surface area contributed by atoms with Crippen molar-refractivity contribution in [1.29, 1.82) is 0 Å². The van der Waals surface area contributed by atoms with Gasteiger partial charge in [-0.05, 0) is 37.9 Å². The Balaban J connectivity index is 0.00000441. The lowest BCUT2D eigenvalue weighted by atomic mass is 9.83. The minimum absolute atomic E-state index is 0. The summed E-state index contributed by atoms with van der Waals surface area (Å²) in [7, 11) is 1.85. The second kappa shape index (κ2) is 12.7. The molecular weight excluding hydrogens is 409 g/mol. The average molecular weight is 443 g/mol. The lowest BCUT2D eigenvalue weighted by Crippen LogP contribution is -2.44. The zero-order chi connectivity index (χ0) is 15.6. The van der Waals surface area contributed by atoms with E-state index in [1.54, 1.807) is 0 Å². The summed E-state index contributed by atoms with van der Waals surface area (Å²) in [6.45, 7) is 7.96. The van der Waals surface area contributed by atoms with Gasteiger partial charge >= 0.3 is 0 Å². The summed E-state index contributed by atoms with van der Waals surface area (Å²) >= 11 is 1.87. The Morgan fingerprint density at radius 3 is 2.55 bits per heavy atom. The highest BCUT2D eigenvalue weighted by molar-refractivity contribution is 14.0. The second-order valence-corrected chi connectivity index (χ2v) is 7.28. The molecule has 1 aliphatic rings. The minimum Gasteiger partial charge on any atom is -0.382 e. The van der Waals surface area contributed by atoms with Gasteiger partial charge in [0.1, 0.15) is 0 Å². The van der Waals surface area contributed by atoms with E-state index in [0.29, 0.717) is 10.7 Å². The van der Waals surface area contributed by atoms with Crippen LogP contribution in [0.5, 0.6) is 0 Å². The summed E-state index contributed by atoms with van der Waals surface area (Å²) in [5.41, 5.74) is 0.401. The third kappa shape index (κ3) is 8.24. The van der Waals surface area contributed by atoms with Crippen LogP contribution in [0, 0.1) is 5.41 Å². The lowest BCUT2D eigenvalue weighted by molar-refractivity contribution is 0.105. The van der Waals surface area contributed by atoms with Crippen molar-refractivity contribution in [1.82, 2.24) is 10.6 Å². The van der Waals surface area contributed by atoms with Gasteiger partial charge in [-0.2, -0.15) is 11.8 Å². The van der Waals surface area contributed by atoms with Gasteiger partial charge in [-0.1, -0.05) is 19.8 Å². The number of rotatable bonds is 9. The molecule has 2 N–H and O–H groups in total. The largest absolute Gasteiger partial charge is 0.382 e.